The Morgan fingerprint density at radius 2 is 1.83 bits per heavy atom. The lowest BCUT2D eigenvalue weighted by Crippen LogP contribution is -2.37. The van der Waals surface area contributed by atoms with Crippen molar-refractivity contribution >= 4 is 11.9 Å². The topological polar surface area (TPSA) is 94.4 Å². The molecule has 1 aliphatic rings. The molecule has 1 aliphatic heterocycles. The molecule has 1 N–H and O–H groups in total. The quantitative estimate of drug-likeness (QED) is 0.676. The van der Waals surface area contributed by atoms with Crippen molar-refractivity contribution in [2.75, 3.05) is 38.3 Å². The van der Waals surface area contributed by atoms with Gasteiger partial charge >= 0.3 is 6.01 Å². The number of carbonyl (C=O) groups excluding carboxylic acids is 1. The fourth-order valence-corrected chi connectivity index (χ4v) is 3.01. The summed E-state index contributed by atoms with van der Waals surface area (Å²) in [4.78, 5) is 27.5. The van der Waals surface area contributed by atoms with Gasteiger partial charge in [-0.25, -0.2) is 0 Å². The summed E-state index contributed by atoms with van der Waals surface area (Å²) in [6, 6.07) is 11.5. The second-order valence-corrected chi connectivity index (χ2v) is 6.46. The van der Waals surface area contributed by atoms with Crippen molar-refractivity contribution in [1.82, 2.24) is 24.8 Å². The number of nitrogens with one attached hydrogen (secondary N) is 1. The summed E-state index contributed by atoms with van der Waals surface area (Å²) in [6.45, 7) is 2.83. The molecular weight excluding hydrogens is 372 g/mol. The lowest BCUT2D eigenvalue weighted by atomic mass is 10.2. The van der Waals surface area contributed by atoms with Gasteiger partial charge in [-0.2, -0.15) is 15.0 Å². The molecule has 9 heteroatoms. The number of anilines is 1. The van der Waals surface area contributed by atoms with Gasteiger partial charge in [-0.15, -0.1) is 0 Å². The van der Waals surface area contributed by atoms with Gasteiger partial charge in [-0.3, -0.25) is 4.79 Å². The smallest absolute Gasteiger partial charge is 0.321 e. The maximum Gasteiger partial charge on any atom is 0.321 e. The second-order valence-electron chi connectivity index (χ2n) is 6.46. The van der Waals surface area contributed by atoms with Crippen LogP contribution in [0.5, 0.6) is 6.01 Å². The fraction of sp³-hybridized carbons (Fsp3) is 0.300. The van der Waals surface area contributed by atoms with E-state index in [1.165, 1.54) is 7.11 Å². The minimum absolute atomic E-state index is 0.175. The lowest BCUT2D eigenvalue weighted by molar-refractivity contribution is 0.0949. The SMILES string of the molecule is COc1nc(CNC(=O)c2ccc(-n3cccc3)cc2)nc(N2CCOCC2)n1. The number of rotatable bonds is 6. The lowest BCUT2D eigenvalue weighted by Gasteiger charge is -2.26. The van der Waals surface area contributed by atoms with Gasteiger partial charge in [0.25, 0.3) is 5.91 Å². The van der Waals surface area contributed by atoms with E-state index in [1.54, 1.807) is 12.1 Å². The van der Waals surface area contributed by atoms with Gasteiger partial charge in [0.2, 0.25) is 5.95 Å². The first kappa shape index (κ1) is 18.9. The molecule has 9 nitrogen and oxygen atoms in total. The maximum atomic E-state index is 12.5. The molecule has 29 heavy (non-hydrogen) atoms. The minimum Gasteiger partial charge on any atom is -0.467 e. The molecule has 3 heterocycles. The van der Waals surface area contributed by atoms with Gasteiger partial charge in [0.15, 0.2) is 5.82 Å². The molecule has 1 saturated heterocycles. The Balaban J connectivity index is 1.43. The van der Waals surface area contributed by atoms with Crippen LogP contribution in [0.4, 0.5) is 5.95 Å². The van der Waals surface area contributed by atoms with Gasteiger partial charge in [0, 0.05) is 36.7 Å². The number of aromatic nitrogens is 4. The van der Waals surface area contributed by atoms with E-state index in [2.05, 4.69) is 20.3 Å². The second kappa shape index (κ2) is 8.70. The molecule has 0 radical (unpaired) electrons. The molecule has 0 unspecified atom stereocenters. The van der Waals surface area contributed by atoms with Crippen LogP contribution in [0.15, 0.2) is 48.8 Å². The average Bonchev–Trinajstić information content (AvgIpc) is 3.33. The first-order valence-corrected chi connectivity index (χ1v) is 9.36. The molecule has 0 atom stereocenters. The third-order valence-electron chi connectivity index (χ3n) is 4.57. The van der Waals surface area contributed by atoms with Crippen LogP contribution in [0, 0.1) is 0 Å². The van der Waals surface area contributed by atoms with Gasteiger partial charge in [0.1, 0.15) is 0 Å². The number of hydrogen-bond acceptors (Lipinski definition) is 7. The normalized spacial score (nSPS) is 13.9. The number of methoxy groups -OCH3 is 1. The van der Waals surface area contributed by atoms with E-state index >= 15 is 0 Å². The molecule has 1 amide bonds. The summed E-state index contributed by atoms with van der Waals surface area (Å²) in [7, 11) is 1.51. The predicted molar refractivity (Wildman–Crippen MR) is 106 cm³/mol. The van der Waals surface area contributed by atoms with E-state index in [9.17, 15) is 4.79 Å². The van der Waals surface area contributed by atoms with Gasteiger partial charge < -0.3 is 24.3 Å². The predicted octanol–water partition coefficient (Wildman–Crippen LogP) is 1.44. The highest BCUT2D eigenvalue weighted by molar-refractivity contribution is 5.94. The average molecular weight is 394 g/mol. The van der Waals surface area contributed by atoms with Crippen molar-refractivity contribution in [1.29, 1.82) is 0 Å². The molecule has 1 aromatic carbocycles. The molecule has 150 valence electrons. The van der Waals surface area contributed by atoms with Gasteiger partial charge in [-0.1, -0.05) is 0 Å². The van der Waals surface area contributed by atoms with E-state index in [1.807, 2.05) is 46.1 Å². The van der Waals surface area contributed by atoms with Crippen LogP contribution in [-0.2, 0) is 11.3 Å². The molecule has 1 fully saturated rings. The largest absolute Gasteiger partial charge is 0.467 e. The van der Waals surface area contributed by atoms with Crippen molar-refractivity contribution in [3.63, 3.8) is 0 Å². The van der Waals surface area contributed by atoms with Crippen LogP contribution in [-0.4, -0.2) is 58.8 Å². The van der Waals surface area contributed by atoms with E-state index in [0.717, 1.165) is 5.69 Å². The highest BCUT2D eigenvalue weighted by atomic mass is 16.5. The summed E-state index contributed by atoms with van der Waals surface area (Å²) < 4.78 is 12.5. The Labute approximate surface area is 168 Å². The number of amides is 1. The van der Waals surface area contributed by atoms with E-state index in [4.69, 9.17) is 9.47 Å². The van der Waals surface area contributed by atoms with Crippen molar-refractivity contribution in [2.45, 2.75) is 6.54 Å². The van der Waals surface area contributed by atoms with Crippen molar-refractivity contribution < 1.29 is 14.3 Å². The summed E-state index contributed by atoms with van der Waals surface area (Å²) in [5, 5.41) is 2.85. The number of hydrogen-bond donors (Lipinski definition) is 1. The Morgan fingerprint density at radius 3 is 2.52 bits per heavy atom. The summed E-state index contributed by atoms with van der Waals surface area (Å²) in [6.07, 6.45) is 3.91. The summed E-state index contributed by atoms with van der Waals surface area (Å²) in [5.74, 6) is 0.771. The number of benzene rings is 1. The minimum atomic E-state index is -0.198. The summed E-state index contributed by atoms with van der Waals surface area (Å²) >= 11 is 0. The summed E-state index contributed by atoms with van der Waals surface area (Å²) in [5.41, 5.74) is 1.55. The first-order valence-electron chi connectivity index (χ1n) is 9.36. The molecule has 3 aromatic rings. The number of carbonyl (C=O) groups is 1. The zero-order chi connectivity index (χ0) is 20.1. The fourth-order valence-electron chi connectivity index (χ4n) is 3.01. The van der Waals surface area contributed by atoms with E-state index in [0.29, 0.717) is 43.6 Å². The Kier molecular flexibility index (Phi) is 5.66. The highest BCUT2D eigenvalue weighted by Gasteiger charge is 2.17. The highest BCUT2D eigenvalue weighted by Crippen LogP contribution is 2.14. The Morgan fingerprint density at radius 1 is 1.10 bits per heavy atom. The standard InChI is InChI=1S/C20H22N6O3/c1-28-20-23-17(22-19(24-20)26-10-12-29-13-11-26)14-21-18(27)15-4-6-16(7-5-15)25-8-2-3-9-25/h2-9H,10-14H2,1H3,(H,21,27). The molecule has 0 spiro atoms. The van der Waals surface area contributed by atoms with Crippen LogP contribution >= 0.6 is 0 Å². The van der Waals surface area contributed by atoms with Crippen molar-refractivity contribution in [3.8, 4) is 11.7 Å². The zero-order valence-corrected chi connectivity index (χ0v) is 16.1. The molecule has 0 bridgehead atoms. The Hall–Kier alpha value is -3.46. The van der Waals surface area contributed by atoms with Crippen LogP contribution in [0.2, 0.25) is 0 Å². The molecule has 2 aromatic heterocycles. The monoisotopic (exact) mass is 394 g/mol. The Bertz CT molecular complexity index is 953. The third kappa shape index (κ3) is 4.52. The molecular formula is C20H22N6O3. The number of nitrogens with zero attached hydrogens (tertiary/aromatic N) is 5. The van der Waals surface area contributed by atoms with Crippen LogP contribution in [0.3, 0.4) is 0 Å². The zero-order valence-electron chi connectivity index (χ0n) is 16.1. The van der Waals surface area contributed by atoms with E-state index < -0.39 is 0 Å². The maximum absolute atomic E-state index is 12.5. The van der Waals surface area contributed by atoms with Crippen LogP contribution < -0.4 is 15.0 Å². The number of morpholine rings is 1. The molecule has 0 aliphatic carbocycles. The molecule has 4 rings (SSSR count). The van der Waals surface area contributed by atoms with Crippen molar-refractivity contribution in [2.24, 2.45) is 0 Å². The third-order valence-corrected chi connectivity index (χ3v) is 4.57. The number of ether oxygens (including phenoxy) is 2. The van der Waals surface area contributed by atoms with Gasteiger partial charge in [0.05, 0.1) is 26.9 Å². The van der Waals surface area contributed by atoms with Crippen LogP contribution in [0.25, 0.3) is 5.69 Å². The van der Waals surface area contributed by atoms with Crippen LogP contribution in [0.1, 0.15) is 16.2 Å². The van der Waals surface area contributed by atoms with E-state index in [-0.39, 0.29) is 18.5 Å². The van der Waals surface area contributed by atoms with Crippen molar-refractivity contribution in [3.05, 3.63) is 60.2 Å². The molecule has 0 saturated carbocycles. The van der Waals surface area contributed by atoms with Gasteiger partial charge in [-0.05, 0) is 36.4 Å². The first-order chi connectivity index (χ1) is 14.2.